The average molecular weight is 259 g/mol. The van der Waals surface area contributed by atoms with Crippen molar-refractivity contribution < 1.29 is 0 Å². The molecule has 0 fully saturated rings. The summed E-state index contributed by atoms with van der Waals surface area (Å²) in [6.07, 6.45) is 0. The molecule has 0 spiro atoms. The summed E-state index contributed by atoms with van der Waals surface area (Å²) in [7, 11) is 2.71. The van der Waals surface area contributed by atoms with E-state index in [4.69, 9.17) is 11.6 Å². The Balaban J connectivity index is 2.53. The van der Waals surface area contributed by atoms with Gasteiger partial charge in [-0.3, -0.25) is 0 Å². The predicted molar refractivity (Wildman–Crippen MR) is 61.7 cm³/mol. The van der Waals surface area contributed by atoms with Crippen molar-refractivity contribution in [3.8, 4) is 0 Å². The van der Waals surface area contributed by atoms with Crippen LogP contribution in [0.15, 0.2) is 11.1 Å². The first kappa shape index (κ1) is 10.7. The van der Waals surface area contributed by atoms with Crippen molar-refractivity contribution in [1.29, 1.82) is 0 Å². The van der Waals surface area contributed by atoms with Gasteiger partial charge in [-0.05, 0) is 30.3 Å². The molecule has 0 N–H and O–H groups in total. The Morgan fingerprint density at radius 3 is 2.47 bits per heavy atom. The van der Waals surface area contributed by atoms with E-state index in [1.54, 1.807) is 0 Å². The van der Waals surface area contributed by atoms with Crippen molar-refractivity contribution in [3.63, 3.8) is 0 Å². The fourth-order valence-corrected chi connectivity index (χ4v) is 3.04. The van der Waals surface area contributed by atoms with Gasteiger partial charge in [0.2, 0.25) is 0 Å². The lowest BCUT2D eigenvalue weighted by atomic mass is 10.4. The minimum atomic E-state index is 0.410. The first-order valence-corrected chi connectivity index (χ1v) is 6.62. The van der Waals surface area contributed by atoms with Crippen molar-refractivity contribution >= 4 is 38.4 Å². The topological polar surface area (TPSA) is 51.0 Å². The van der Waals surface area contributed by atoms with Crippen molar-refractivity contribution in [3.05, 3.63) is 27.3 Å². The van der Waals surface area contributed by atoms with Crippen LogP contribution in [-0.2, 0) is 0 Å². The summed E-state index contributed by atoms with van der Waals surface area (Å²) in [6.45, 7) is 3.81. The summed E-state index contributed by atoms with van der Waals surface area (Å²) in [4.78, 5) is 12.6. The number of halogens is 1. The maximum absolute atomic E-state index is 5.83. The molecule has 2 aromatic rings. The molecule has 0 bridgehead atoms. The Morgan fingerprint density at radius 1 is 1.27 bits per heavy atom. The van der Waals surface area contributed by atoms with Crippen LogP contribution in [0.25, 0.3) is 0 Å². The Morgan fingerprint density at radius 2 is 1.93 bits per heavy atom. The predicted octanol–water partition coefficient (Wildman–Crippen LogP) is 2.50. The van der Waals surface area contributed by atoms with Gasteiger partial charge < -0.3 is 0 Å². The fraction of sp³-hybridized carbons (Fsp3) is 0.250. The van der Waals surface area contributed by atoms with Gasteiger partial charge in [-0.2, -0.15) is 9.37 Å². The highest BCUT2D eigenvalue weighted by Crippen LogP contribution is 2.10. The number of hydrogen-bond donors (Lipinski definition) is 0. The average Bonchev–Trinajstić information content (AvgIpc) is 2.50. The smallest absolute Gasteiger partial charge is 0.216 e. The van der Waals surface area contributed by atoms with Crippen LogP contribution in [0.2, 0.25) is 5.15 Å². The van der Waals surface area contributed by atoms with Gasteiger partial charge >= 0.3 is 0 Å². The van der Waals surface area contributed by atoms with Crippen LogP contribution in [0, 0.1) is 13.8 Å². The highest BCUT2D eigenvalue weighted by Gasteiger charge is 2.00. The molecule has 78 valence electrons. The summed E-state index contributed by atoms with van der Waals surface area (Å²) in [6, 6.07) is 1.90. The van der Waals surface area contributed by atoms with E-state index in [1.165, 1.54) is 20.9 Å². The van der Waals surface area contributed by atoms with E-state index in [0.717, 1.165) is 11.4 Å². The minimum absolute atomic E-state index is 0.410. The molecule has 0 aliphatic heterocycles. The van der Waals surface area contributed by atoms with E-state index in [-0.39, 0.29) is 0 Å². The van der Waals surface area contributed by atoms with Crippen molar-refractivity contribution in [2.24, 2.45) is 4.99 Å². The summed E-state index contributed by atoms with van der Waals surface area (Å²) < 4.78 is 4.59. The van der Waals surface area contributed by atoms with Crippen LogP contribution in [0.5, 0.6) is 0 Å². The number of rotatable bonds is 1. The molecule has 4 nitrogen and oxygen atoms in total. The van der Waals surface area contributed by atoms with Gasteiger partial charge in [-0.25, -0.2) is 9.97 Å². The molecular formula is C8H7ClN4S2. The molecule has 15 heavy (non-hydrogen) atoms. The Kier molecular flexibility index (Phi) is 3.08. The van der Waals surface area contributed by atoms with E-state index >= 15 is 0 Å². The summed E-state index contributed by atoms with van der Waals surface area (Å²) in [5.74, 6) is 0.436. The highest BCUT2D eigenvalue weighted by atomic mass is 35.5. The first-order chi connectivity index (χ1) is 7.15. The maximum Gasteiger partial charge on any atom is 0.251 e. The Hall–Kier alpha value is -0.850. The van der Waals surface area contributed by atoms with Gasteiger partial charge in [0, 0.05) is 21.9 Å². The molecule has 2 rings (SSSR count). The first-order valence-electron chi connectivity index (χ1n) is 4.13. The third-order valence-corrected chi connectivity index (χ3v) is 3.75. The lowest BCUT2D eigenvalue weighted by molar-refractivity contribution is 1.03. The van der Waals surface area contributed by atoms with Gasteiger partial charge in [0.1, 0.15) is 0 Å². The molecule has 0 saturated carbocycles. The molecule has 0 atom stereocenters. The molecule has 0 aromatic carbocycles. The zero-order valence-corrected chi connectivity index (χ0v) is 10.4. The minimum Gasteiger partial charge on any atom is -0.216 e. The van der Waals surface area contributed by atoms with E-state index in [0.29, 0.717) is 15.8 Å². The van der Waals surface area contributed by atoms with Crippen molar-refractivity contribution in [1.82, 2.24) is 14.3 Å². The van der Waals surface area contributed by atoms with E-state index in [2.05, 4.69) is 19.3 Å². The van der Waals surface area contributed by atoms with Gasteiger partial charge in [0.25, 0.3) is 5.95 Å². The van der Waals surface area contributed by atoms with Gasteiger partial charge in [0.15, 0.2) is 9.82 Å². The van der Waals surface area contributed by atoms with E-state index in [9.17, 15) is 0 Å². The van der Waals surface area contributed by atoms with Crippen LogP contribution in [0.4, 0.5) is 5.95 Å². The Bertz CT molecular complexity index is 525. The maximum atomic E-state index is 5.83. The molecule has 0 saturated heterocycles. The third-order valence-electron chi connectivity index (χ3n) is 1.58. The fourth-order valence-electron chi connectivity index (χ4n) is 1.07. The Labute approximate surface area is 98.9 Å². The van der Waals surface area contributed by atoms with Crippen LogP contribution in [0.3, 0.4) is 0 Å². The molecular weight excluding hydrogens is 252 g/mol. The summed E-state index contributed by atoms with van der Waals surface area (Å²) in [5.41, 5.74) is 1.79. The van der Waals surface area contributed by atoms with Crippen LogP contribution < -0.4 is 4.67 Å². The largest absolute Gasteiger partial charge is 0.251 e. The number of nitrogens with zero attached hydrogens (tertiary/aromatic N) is 4. The molecule has 0 unspecified atom stereocenters. The molecule has 0 amide bonds. The monoisotopic (exact) mass is 258 g/mol. The van der Waals surface area contributed by atoms with Gasteiger partial charge in [-0.15, -0.1) is 0 Å². The summed E-state index contributed by atoms with van der Waals surface area (Å²) >= 11 is 5.83. The van der Waals surface area contributed by atoms with Crippen LogP contribution in [-0.4, -0.2) is 14.3 Å². The SMILES string of the molecule is Cc1cc(C)nc(/N=c2\ssnc2Cl)n1. The zero-order valence-electron chi connectivity index (χ0n) is 8.06. The van der Waals surface area contributed by atoms with E-state index in [1.807, 2.05) is 19.9 Å². The van der Waals surface area contributed by atoms with Crippen molar-refractivity contribution in [2.75, 3.05) is 0 Å². The highest BCUT2D eigenvalue weighted by molar-refractivity contribution is 7.66. The van der Waals surface area contributed by atoms with Crippen LogP contribution in [0.1, 0.15) is 11.4 Å². The van der Waals surface area contributed by atoms with E-state index < -0.39 is 0 Å². The molecule has 7 heteroatoms. The van der Waals surface area contributed by atoms with Gasteiger partial charge in [0.05, 0.1) is 0 Å². The second-order valence-corrected chi connectivity index (χ2v) is 5.10. The number of aryl methyl sites for hydroxylation is 2. The van der Waals surface area contributed by atoms with Gasteiger partial charge in [-0.1, -0.05) is 11.6 Å². The number of hydrogen-bond acceptors (Lipinski definition) is 6. The molecule has 0 aliphatic rings. The molecule has 2 heterocycles. The third kappa shape index (κ3) is 2.58. The molecule has 0 radical (unpaired) electrons. The molecule has 2 aromatic heterocycles. The molecule has 0 aliphatic carbocycles. The summed E-state index contributed by atoms with van der Waals surface area (Å²) in [5, 5.41) is 0.410. The van der Waals surface area contributed by atoms with Crippen molar-refractivity contribution in [2.45, 2.75) is 13.8 Å². The number of aromatic nitrogens is 3. The second-order valence-electron chi connectivity index (χ2n) is 2.91. The lowest BCUT2D eigenvalue weighted by Crippen LogP contribution is -1.96. The standard InChI is InChI=1S/C8H7ClN4S2/c1-4-3-5(2)11-8(10-4)12-7-6(9)13-15-14-7/h3H,1-2H3/b12-7-. The normalized spacial score (nSPS) is 12.1. The zero-order chi connectivity index (χ0) is 10.8. The lowest BCUT2D eigenvalue weighted by Gasteiger charge is -1.96. The van der Waals surface area contributed by atoms with Crippen LogP contribution >= 0.6 is 32.5 Å². The quantitative estimate of drug-likeness (QED) is 0.739. The second kappa shape index (κ2) is 4.34.